The highest BCUT2D eigenvalue weighted by Gasteiger charge is 2.47. The third-order valence-corrected chi connectivity index (χ3v) is 6.11. The van der Waals surface area contributed by atoms with Gasteiger partial charge in [0.1, 0.15) is 17.3 Å². The molecule has 1 N–H and O–H groups in total. The molecule has 3 aromatic carbocycles. The second kappa shape index (κ2) is 10.7. The lowest BCUT2D eigenvalue weighted by molar-refractivity contribution is -0.132. The van der Waals surface area contributed by atoms with Crippen LogP contribution in [0.15, 0.2) is 78.4 Å². The van der Waals surface area contributed by atoms with Gasteiger partial charge in [-0.05, 0) is 55.0 Å². The van der Waals surface area contributed by atoms with Gasteiger partial charge in [-0.2, -0.15) is 0 Å². The molecule has 1 amide bonds. The number of ketones is 1. The topological polar surface area (TPSA) is 66.8 Å². The molecular weight excluding hydrogens is 469 g/mol. The molecule has 1 saturated heterocycles. The summed E-state index contributed by atoms with van der Waals surface area (Å²) in [6.45, 7) is 2.69. The molecule has 0 spiro atoms. The SMILES string of the molecule is CCCCCOc1ccc(/C(O)=C2\C(=O)C(=O)N(c3cccc(Cl)c3)C2c2ccccc2F)cc1. The average molecular weight is 494 g/mol. The molecule has 1 unspecified atom stereocenters. The van der Waals surface area contributed by atoms with E-state index in [1.165, 1.54) is 29.2 Å². The van der Waals surface area contributed by atoms with Crippen molar-refractivity contribution < 1.29 is 23.8 Å². The lowest BCUT2D eigenvalue weighted by atomic mass is 9.94. The van der Waals surface area contributed by atoms with Crippen molar-refractivity contribution in [3.63, 3.8) is 0 Å². The van der Waals surface area contributed by atoms with Crippen molar-refractivity contribution in [3.05, 3.63) is 100 Å². The number of benzene rings is 3. The van der Waals surface area contributed by atoms with E-state index in [1.54, 1.807) is 48.5 Å². The lowest BCUT2D eigenvalue weighted by Crippen LogP contribution is -2.29. The van der Waals surface area contributed by atoms with E-state index in [0.29, 0.717) is 28.6 Å². The number of anilines is 1. The van der Waals surface area contributed by atoms with Crippen molar-refractivity contribution in [2.24, 2.45) is 0 Å². The van der Waals surface area contributed by atoms with Gasteiger partial charge in [0.25, 0.3) is 11.7 Å². The predicted octanol–water partition coefficient (Wildman–Crippen LogP) is 6.67. The zero-order valence-corrected chi connectivity index (χ0v) is 20.0. The second-order valence-electron chi connectivity index (χ2n) is 8.25. The molecule has 180 valence electrons. The smallest absolute Gasteiger partial charge is 0.300 e. The number of nitrogens with zero attached hydrogens (tertiary/aromatic N) is 1. The number of carbonyl (C=O) groups excluding carboxylic acids is 2. The Labute approximate surface area is 208 Å². The standard InChI is InChI=1S/C28H25ClFNO4/c1-2-3-6-16-35-21-14-12-18(13-15-21)26(32)24-25(22-10-4-5-11-23(22)30)31(28(34)27(24)33)20-9-7-8-19(29)17-20/h4-5,7-15,17,25,32H,2-3,6,16H2,1H3/b26-24+. The zero-order valence-electron chi connectivity index (χ0n) is 19.2. The number of Topliss-reactive ketones (excluding diaryl/α,β-unsaturated/α-hetero) is 1. The van der Waals surface area contributed by atoms with Gasteiger partial charge in [0.15, 0.2) is 0 Å². The maximum atomic E-state index is 14.9. The summed E-state index contributed by atoms with van der Waals surface area (Å²) in [6.07, 6.45) is 3.10. The number of unbranched alkanes of at least 4 members (excludes halogenated alkanes) is 2. The van der Waals surface area contributed by atoms with E-state index in [4.69, 9.17) is 16.3 Å². The molecule has 1 aliphatic rings. The minimum absolute atomic E-state index is 0.0871. The van der Waals surface area contributed by atoms with Gasteiger partial charge < -0.3 is 9.84 Å². The number of hydrogen-bond acceptors (Lipinski definition) is 4. The van der Waals surface area contributed by atoms with Crippen LogP contribution in [0, 0.1) is 5.82 Å². The molecule has 0 aliphatic carbocycles. The van der Waals surface area contributed by atoms with Crippen LogP contribution in [-0.2, 0) is 9.59 Å². The molecule has 0 saturated carbocycles. The maximum absolute atomic E-state index is 14.9. The molecule has 1 heterocycles. The van der Waals surface area contributed by atoms with Gasteiger partial charge in [0, 0.05) is 21.8 Å². The summed E-state index contributed by atoms with van der Waals surface area (Å²) in [4.78, 5) is 27.5. The summed E-state index contributed by atoms with van der Waals surface area (Å²) >= 11 is 6.13. The first kappa shape index (κ1) is 24.5. The van der Waals surface area contributed by atoms with Gasteiger partial charge in [0.2, 0.25) is 0 Å². The quantitative estimate of drug-likeness (QED) is 0.164. The van der Waals surface area contributed by atoms with E-state index in [9.17, 15) is 19.1 Å². The number of amides is 1. The van der Waals surface area contributed by atoms with Crippen molar-refractivity contribution in [1.29, 1.82) is 0 Å². The number of aliphatic hydroxyl groups is 1. The third-order valence-electron chi connectivity index (χ3n) is 5.87. The maximum Gasteiger partial charge on any atom is 0.300 e. The van der Waals surface area contributed by atoms with E-state index in [1.807, 2.05) is 0 Å². The number of hydrogen-bond donors (Lipinski definition) is 1. The highest BCUT2D eigenvalue weighted by Crippen LogP contribution is 2.43. The number of aliphatic hydroxyl groups excluding tert-OH is 1. The molecule has 35 heavy (non-hydrogen) atoms. The van der Waals surface area contributed by atoms with Crippen molar-refractivity contribution in [1.82, 2.24) is 0 Å². The van der Waals surface area contributed by atoms with E-state index >= 15 is 0 Å². The van der Waals surface area contributed by atoms with Crippen molar-refractivity contribution in [2.45, 2.75) is 32.2 Å². The van der Waals surface area contributed by atoms with Gasteiger partial charge in [-0.25, -0.2) is 4.39 Å². The molecule has 1 fully saturated rings. The lowest BCUT2D eigenvalue weighted by Gasteiger charge is -2.25. The Morgan fingerprint density at radius 2 is 1.77 bits per heavy atom. The molecule has 3 aromatic rings. The van der Waals surface area contributed by atoms with Crippen LogP contribution in [0.2, 0.25) is 5.02 Å². The van der Waals surface area contributed by atoms with Crippen LogP contribution in [0.4, 0.5) is 10.1 Å². The predicted molar refractivity (Wildman–Crippen MR) is 134 cm³/mol. The second-order valence-corrected chi connectivity index (χ2v) is 8.69. The third kappa shape index (κ3) is 5.08. The number of rotatable bonds is 8. The molecule has 0 aromatic heterocycles. The summed E-state index contributed by atoms with van der Waals surface area (Å²) in [6, 6.07) is 17.7. The fourth-order valence-electron chi connectivity index (χ4n) is 4.12. The monoisotopic (exact) mass is 493 g/mol. The Bertz CT molecular complexity index is 1270. The minimum atomic E-state index is -1.17. The minimum Gasteiger partial charge on any atom is -0.507 e. The summed E-state index contributed by atoms with van der Waals surface area (Å²) in [7, 11) is 0. The number of halogens is 2. The first-order chi connectivity index (χ1) is 16.9. The van der Waals surface area contributed by atoms with Crippen LogP contribution in [0.25, 0.3) is 5.76 Å². The Balaban J connectivity index is 1.77. The Kier molecular flexibility index (Phi) is 7.51. The van der Waals surface area contributed by atoms with Gasteiger partial charge >= 0.3 is 0 Å². The van der Waals surface area contributed by atoms with E-state index in [-0.39, 0.29) is 11.1 Å². The normalized spacial score (nSPS) is 17.1. The summed E-state index contributed by atoms with van der Waals surface area (Å²) < 4.78 is 20.6. The van der Waals surface area contributed by atoms with Crippen LogP contribution < -0.4 is 9.64 Å². The molecular formula is C28H25ClFNO4. The number of ether oxygens (including phenoxy) is 1. The van der Waals surface area contributed by atoms with Gasteiger partial charge in [0.05, 0.1) is 18.2 Å². The van der Waals surface area contributed by atoms with Crippen LogP contribution in [0.1, 0.15) is 43.4 Å². The molecule has 7 heteroatoms. The Morgan fingerprint density at radius 3 is 2.46 bits per heavy atom. The van der Waals surface area contributed by atoms with Crippen molar-refractivity contribution in [3.8, 4) is 5.75 Å². The van der Waals surface area contributed by atoms with E-state index in [2.05, 4.69) is 6.92 Å². The fraction of sp³-hybridized carbons (Fsp3) is 0.214. The van der Waals surface area contributed by atoms with E-state index in [0.717, 1.165) is 19.3 Å². The summed E-state index contributed by atoms with van der Waals surface area (Å²) in [5.74, 6) is -2.15. The van der Waals surface area contributed by atoms with Crippen LogP contribution >= 0.6 is 11.6 Å². The molecule has 1 aliphatic heterocycles. The van der Waals surface area contributed by atoms with Crippen molar-refractivity contribution >= 4 is 34.7 Å². The van der Waals surface area contributed by atoms with Crippen molar-refractivity contribution in [2.75, 3.05) is 11.5 Å². The molecule has 4 rings (SSSR count). The number of carbonyl (C=O) groups is 2. The molecule has 0 bridgehead atoms. The Morgan fingerprint density at radius 1 is 1.03 bits per heavy atom. The summed E-state index contributed by atoms with van der Waals surface area (Å²) in [5.41, 5.74) is 0.528. The summed E-state index contributed by atoms with van der Waals surface area (Å²) in [5, 5.41) is 11.5. The molecule has 0 radical (unpaired) electrons. The van der Waals surface area contributed by atoms with Gasteiger partial charge in [-0.1, -0.05) is 55.6 Å². The fourth-order valence-corrected chi connectivity index (χ4v) is 4.31. The van der Waals surface area contributed by atoms with Gasteiger partial charge in [-0.15, -0.1) is 0 Å². The highest BCUT2D eigenvalue weighted by molar-refractivity contribution is 6.51. The average Bonchev–Trinajstić information content (AvgIpc) is 3.12. The molecule has 1 atom stereocenters. The largest absolute Gasteiger partial charge is 0.507 e. The molecule has 5 nitrogen and oxygen atoms in total. The van der Waals surface area contributed by atoms with Gasteiger partial charge in [-0.3, -0.25) is 14.5 Å². The highest BCUT2D eigenvalue weighted by atomic mass is 35.5. The van der Waals surface area contributed by atoms with Crippen LogP contribution in [-0.4, -0.2) is 23.4 Å². The Hall–Kier alpha value is -3.64. The first-order valence-electron chi connectivity index (χ1n) is 11.5. The van der Waals surface area contributed by atoms with Crippen LogP contribution in [0.5, 0.6) is 5.75 Å². The first-order valence-corrected chi connectivity index (χ1v) is 11.8. The van der Waals surface area contributed by atoms with Crippen LogP contribution in [0.3, 0.4) is 0 Å². The van der Waals surface area contributed by atoms with E-state index < -0.39 is 29.3 Å². The zero-order chi connectivity index (χ0) is 24.9.